The second-order valence-electron chi connectivity index (χ2n) is 5.82. The minimum absolute atomic E-state index is 0.0243. The van der Waals surface area contributed by atoms with Gasteiger partial charge in [0.05, 0.1) is 13.1 Å². The predicted octanol–water partition coefficient (Wildman–Crippen LogP) is 2.75. The van der Waals surface area contributed by atoms with Gasteiger partial charge in [0.15, 0.2) is 5.65 Å². The summed E-state index contributed by atoms with van der Waals surface area (Å²) in [5.41, 5.74) is 2.86. The van der Waals surface area contributed by atoms with Crippen LogP contribution in [0.5, 0.6) is 0 Å². The Hall–Kier alpha value is -2.69. The molecule has 5 heteroatoms. The highest BCUT2D eigenvalue weighted by molar-refractivity contribution is 5.78. The van der Waals surface area contributed by atoms with Crippen molar-refractivity contribution in [2.75, 3.05) is 0 Å². The zero-order valence-electron chi connectivity index (χ0n) is 13.4. The Morgan fingerprint density at radius 2 is 1.96 bits per heavy atom. The molecule has 118 valence electrons. The molecule has 23 heavy (non-hydrogen) atoms. The highest BCUT2D eigenvalue weighted by Crippen LogP contribution is 2.16. The molecule has 2 aromatic heterocycles. The van der Waals surface area contributed by atoms with Crippen LogP contribution < -0.4 is 5.32 Å². The summed E-state index contributed by atoms with van der Waals surface area (Å²) < 4.78 is 2.06. The van der Waals surface area contributed by atoms with Gasteiger partial charge in [0.2, 0.25) is 5.91 Å². The van der Waals surface area contributed by atoms with Gasteiger partial charge < -0.3 is 9.88 Å². The Labute approximate surface area is 135 Å². The quantitative estimate of drug-likeness (QED) is 0.788. The molecule has 0 radical (unpaired) electrons. The van der Waals surface area contributed by atoms with Gasteiger partial charge in [-0.05, 0) is 17.7 Å². The number of amides is 1. The van der Waals surface area contributed by atoms with Gasteiger partial charge in [-0.25, -0.2) is 9.97 Å². The van der Waals surface area contributed by atoms with Crippen molar-refractivity contribution in [1.82, 2.24) is 19.9 Å². The molecule has 0 saturated carbocycles. The molecule has 0 bridgehead atoms. The first-order valence-electron chi connectivity index (χ1n) is 7.77. The third kappa shape index (κ3) is 3.39. The van der Waals surface area contributed by atoms with Gasteiger partial charge in [-0.1, -0.05) is 44.2 Å². The van der Waals surface area contributed by atoms with Gasteiger partial charge in [0, 0.05) is 12.1 Å². The smallest absolute Gasteiger partial charge is 0.222 e. The molecule has 0 spiro atoms. The van der Waals surface area contributed by atoms with Crippen LogP contribution in [0.3, 0.4) is 0 Å². The van der Waals surface area contributed by atoms with Crippen LogP contribution in [0.1, 0.15) is 25.2 Å². The van der Waals surface area contributed by atoms with Gasteiger partial charge in [-0.15, -0.1) is 0 Å². The van der Waals surface area contributed by atoms with Crippen LogP contribution in [0.2, 0.25) is 0 Å². The topological polar surface area (TPSA) is 59.8 Å². The van der Waals surface area contributed by atoms with Crippen molar-refractivity contribution in [2.45, 2.75) is 26.9 Å². The van der Waals surface area contributed by atoms with E-state index >= 15 is 0 Å². The molecular weight excluding hydrogens is 288 g/mol. The van der Waals surface area contributed by atoms with Crippen molar-refractivity contribution < 1.29 is 4.79 Å². The van der Waals surface area contributed by atoms with E-state index in [0.717, 1.165) is 17.0 Å². The number of imidazole rings is 1. The summed E-state index contributed by atoms with van der Waals surface area (Å²) in [6.07, 6.45) is 1.77. The number of aromatic nitrogens is 3. The summed E-state index contributed by atoms with van der Waals surface area (Å²) in [5, 5.41) is 2.94. The second kappa shape index (κ2) is 6.60. The second-order valence-corrected chi connectivity index (χ2v) is 5.82. The molecule has 0 fully saturated rings. The summed E-state index contributed by atoms with van der Waals surface area (Å²) in [5.74, 6) is 0.799. The maximum absolute atomic E-state index is 11.8. The highest BCUT2D eigenvalue weighted by Gasteiger charge is 2.14. The van der Waals surface area contributed by atoms with Crippen LogP contribution in [0, 0.1) is 5.92 Å². The highest BCUT2D eigenvalue weighted by atomic mass is 16.1. The van der Waals surface area contributed by atoms with E-state index in [-0.39, 0.29) is 11.8 Å². The molecule has 0 saturated heterocycles. The zero-order chi connectivity index (χ0) is 16.2. The van der Waals surface area contributed by atoms with Crippen molar-refractivity contribution in [3.63, 3.8) is 0 Å². The summed E-state index contributed by atoms with van der Waals surface area (Å²) >= 11 is 0. The predicted molar refractivity (Wildman–Crippen MR) is 89.8 cm³/mol. The fourth-order valence-corrected chi connectivity index (χ4v) is 2.44. The maximum Gasteiger partial charge on any atom is 0.222 e. The van der Waals surface area contributed by atoms with Gasteiger partial charge in [0.25, 0.3) is 0 Å². The van der Waals surface area contributed by atoms with Crippen molar-refractivity contribution in [2.24, 2.45) is 5.92 Å². The van der Waals surface area contributed by atoms with E-state index in [9.17, 15) is 4.79 Å². The van der Waals surface area contributed by atoms with E-state index in [1.165, 1.54) is 5.56 Å². The number of hydrogen-bond donors (Lipinski definition) is 1. The lowest BCUT2D eigenvalue weighted by Crippen LogP contribution is -2.28. The number of carbonyl (C=O) groups excluding carboxylic acids is 1. The number of fused-ring (bicyclic) bond motifs is 1. The van der Waals surface area contributed by atoms with Gasteiger partial charge in [-0.3, -0.25) is 4.79 Å². The minimum Gasteiger partial charge on any atom is -0.349 e. The lowest BCUT2D eigenvalue weighted by Gasteiger charge is -2.11. The van der Waals surface area contributed by atoms with Gasteiger partial charge in [-0.2, -0.15) is 0 Å². The molecule has 0 aliphatic rings. The Balaban J connectivity index is 1.93. The molecule has 0 unspecified atom stereocenters. The zero-order valence-corrected chi connectivity index (χ0v) is 13.4. The van der Waals surface area contributed by atoms with E-state index < -0.39 is 0 Å². The van der Waals surface area contributed by atoms with Crippen LogP contribution >= 0.6 is 0 Å². The summed E-state index contributed by atoms with van der Waals surface area (Å²) in [4.78, 5) is 20.9. The molecule has 3 rings (SSSR count). The number of nitrogens with one attached hydrogen (secondary N) is 1. The number of nitrogens with zero attached hydrogens (tertiary/aromatic N) is 3. The average molecular weight is 308 g/mol. The van der Waals surface area contributed by atoms with Crippen LogP contribution in [0.15, 0.2) is 48.7 Å². The Bertz CT molecular complexity index is 808. The molecule has 2 heterocycles. The molecule has 0 aliphatic carbocycles. The minimum atomic E-state index is -0.0416. The molecule has 0 atom stereocenters. The lowest BCUT2D eigenvalue weighted by atomic mass is 10.2. The number of rotatable bonds is 5. The molecule has 1 aromatic carbocycles. The van der Waals surface area contributed by atoms with Gasteiger partial charge in [0.1, 0.15) is 11.3 Å². The van der Waals surface area contributed by atoms with Crippen LogP contribution in [0.25, 0.3) is 11.2 Å². The molecular formula is C18H20N4O. The molecule has 3 aromatic rings. The Kier molecular flexibility index (Phi) is 4.37. The number of carbonyl (C=O) groups is 1. The summed E-state index contributed by atoms with van der Waals surface area (Å²) in [6.45, 7) is 4.84. The van der Waals surface area contributed by atoms with E-state index in [1.807, 2.05) is 44.2 Å². The van der Waals surface area contributed by atoms with Crippen molar-refractivity contribution >= 4 is 17.1 Å². The Morgan fingerprint density at radius 1 is 1.17 bits per heavy atom. The fraction of sp³-hybridized carbons (Fsp3) is 0.278. The monoisotopic (exact) mass is 308 g/mol. The molecule has 1 N–H and O–H groups in total. The van der Waals surface area contributed by atoms with Crippen LogP contribution in [-0.4, -0.2) is 20.4 Å². The molecule has 0 aliphatic heterocycles. The number of pyridine rings is 1. The standard InChI is InChI=1S/C18H20N4O/c1-13(2)18(23)20-11-16-21-15-9-6-10-19-17(15)22(16)12-14-7-4-3-5-8-14/h3-10,13H,11-12H2,1-2H3,(H,20,23). The molecule has 5 nitrogen and oxygen atoms in total. The Morgan fingerprint density at radius 3 is 2.70 bits per heavy atom. The lowest BCUT2D eigenvalue weighted by molar-refractivity contribution is -0.124. The first-order chi connectivity index (χ1) is 11.1. The molecule has 1 amide bonds. The van der Waals surface area contributed by atoms with E-state index in [1.54, 1.807) is 6.20 Å². The van der Waals surface area contributed by atoms with Crippen molar-refractivity contribution in [3.05, 3.63) is 60.0 Å². The number of hydrogen-bond acceptors (Lipinski definition) is 3. The van der Waals surface area contributed by atoms with E-state index in [4.69, 9.17) is 0 Å². The SMILES string of the molecule is CC(C)C(=O)NCc1nc2cccnc2n1Cc1ccccc1. The normalized spacial score (nSPS) is 11.1. The third-order valence-electron chi connectivity index (χ3n) is 3.71. The average Bonchev–Trinajstić information content (AvgIpc) is 2.91. The first kappa shape index (κ1) is 15.2. The van der Waals surface area contributed by atoms with Crippen molar-refractivity contribution in [1.29, 1.82) is 0 Å². The number of benzene rings is 1. The first-order valence-corrected chi connectivity index (χ1v) is 7.77. The van der Waals surface area contributed by atoms with Gasteiger partial charge >= 0.3 is 0 Å². The third-order valence-corrected chi connectivity index (χ3v) is 3.71. The van der Waals surface area contributed by atoms with E-state index in [2.05, 4.69) is 32.0 Å². The summed E-state index contributed by atoms with van der Waals surface area (Å²) in [6, 6.07) is 14.0. The van der Waals surface area contributed by atoms with Crippen molar-refractivity contribution in [3.8, 4) is 0 Å². The van der Waals surface area contributed by atoms with E-state index in [0.29, 0.717) is 13.1 Å². The summed E-state index contributed by atoms with van der Waals surface area (Å²) in [7, 11) is 0. The van der Waals surface area contributed by atoms with Crippen LogP contribution in [0.4, 0.5) is 0 Å². The van der Waals surface area contributed by atoms with Crippen LogP contribution in [-0.2, 0) is 17.9 Å². The maximum atomic E-state index is 11.8. The fourth-order valence-electron chi connectivity index (χ4n) is 2.44. The largest absolute Gasteiger partial charge is 0.349 e.